The van der Waals surface area contributed by atoms with Crippen LogP contribution >= 0.6 is 11.6 Å². The maximum Gasteiger partial charge on any atom is 0.171 e. The monoisotopic (exact) mass is 239 g/mol. The van der Waals surface area contributed by atoms with Crippen molar-refractivity contribution in [1.29, 1.82) is 0 Å². The van der Waals surface area contributed by atoms with Crippen LogP contribution in [0.2, 0.25) is 5.02 Å². The first-order valence-electron chi connectivity index (χ1n) is 4.49. The van der Waals surface area contributed by atoms with Gasteiger partial charge in [0.1, 0.15) is 11.5 Å². The molecule has 2 aromatic rings. The summed E-state index contributed by atoms with van der Waals surface area (Å²) in [5.74, 6) is -0.479. The van der Waals surface area contributed by atoms with Gasteiger partial charge in [0.15, 0.2) is 6.29 Å². The summed E-state index contributed by atoms with van der Waals surface area (Å²) in [6.07, 6.45) is 2.02. The maximum absolute atomic E-state index is 13.5. The van der Waals surface area contributed by atoms with Crippen LogP contribution in [0.25, 0.3) is 0 Å². The lowest BCUT2D eigenvalue weighted by atomic mass is 10.2. The van der Waals surface area contributed by atoms with Crippen molar-refractivity contribution in [3.05, 3.63) is 46.5 Å². The van der Waals surface area contributed by atoms with Gasteiger partial charge in [-0.15, -0.1) is 5.10 Å². The van der Waals surface area contributed by atoms with Crippen LogP contribution in [0.1, 0.15) is 16.1 Å². The predicted octanol–water partition coefficient (Wildman–Crippen LogP) is 1.93. The molecule has 6 heteroatoms. The first-order valence-corrected chi connectivity index (χ1v) is 4.86. The van der Waals surface area contributed by atoms with Crippen LogP contribution in [0.15, 0.2) is 24.4 Å². The number of carbonyl (C=O) groups is 1. The van der Waals surface area contributed by atoms with Gasteiger partial charge in [-0.05, 0) is 6.07 Å². The Morgan fingerprint density at radius 3 is 3.00 bits per heavy atom. The molecule has 0 aliphatic carbocycles. The zero-order valence-electron chi connectivity index (χ0n) is 8.10. The van der Waals surface area contributed by atoms with E-state index in [0.29, 0.717) is 11.8 Å². The van der Waals surface area contributed by atoms with E-state index in [1.165, 1.54) is 16.9 Å². The van der Waals surface area contributed by atoms with Crippen molar-refractivity contribution < 1.29 is 9.18 Å². The number of rotatable bonds is 3. The van der Waals surface area contributed by atoms with Gasteiger partial charge in [-0.2, -0.15) is 0 Å². The highest BCUT2D eigenvalue weighted by molar-refractivity contribution is 6.30. The molecular formula is C10H7ClFN3O. The highest BCUT2D eigenvalue weighted by atomic mass is 35.5. The fourth-order valence-corrected chi connectivity index (χ4v) is 1.48. The van der Waals surface area contributed by atoms with Gasteiger partial charge < -0.3 is 0 Å². The van der Waals surface area contributed by atoms with E-state index in [2.05, 4.69) is 10.3 Å². The van der Waals surface area contributed by atoms with Crippen LogP contribution in [0.5, 0.6) is 0 Å². The number of nitrogens with zero attached hydrogens (tertiary/aromatic N) is 3. The minimum absolute atomic E-state index is 0.0632. The van der Waals surface area contributed by atoms with E-state index in [9.17, 15) is 9.18 Å². The molecule has 0 spiro atoms. The van der Waals surface area contributed by atoms with Crippen LogP contribution in [0, 0.1) is 5.82 Å². The van der Waals surface area contributed by atoms with Gasteiger partial charge >= 0.3 is 0 Å². The minimum atomic E-state index is -0.479. The summed E-state index contributed by atoms with van der Waals surface area (Å²) in [4.78, 5) is 10.4. The largest absolute Gasteiger partial charge is 0.296 e. The summed E-state index contributed by atoms with van der Waals surface area (Å²) >= 11 is 5.64. The zero-order chi connectivity index (χ0) is 11.5. The van der Waals surface area contributed by atoms with Crippen LogP contribution in [-0.2, 0) is 6.54 Å². The van der Waals surface area contributed by atoms with Gasteiger partial charge in [0.05, 0.1) is 17.8 Å². The fourth-order valence-electron chi connectivity index (χ4n) is 1.29. The SMILES string of the molecule is O=Cc1cn(Cc2cccc(Cl)c2F)nn1. The summed E-state index contributed by atoms with van der Waals surface area (Å²) in [5.41, 5.74) is 0.609. The quantitative estimate of drug-likeness (QED) is 0.769. The molecule has 0 aliphatic rings. The number of aldehydes is 1. The lowest BCUT2D eigenvalue weighted by molar-refractivity contribution is 0.111. The Bertz CT molecular complexity index is 527. The molecule has 0 unspecified atom stereocenters. The van der Waals surface area contributed by atoms with Crippen molar-refractivity contribution in [1.82, 2.24) is 15.0 Å². The van der Waals surface area contributed by atoms with E-state index in [4.69, 9.17) is 11.6 Å². The van der Waals surface area contributed by atoms with E-state index in [1.54, 1.807) is 12.1 Å². The third-order valence-electron chi connectivity index (χ3n) is 2.04. The van der Waals surface area contributed by atoms with Gasteiger partial charge in [0, 0.05) is 5.56 Å². The van der Waals surface area contributed by atoms with Gasteiger partial charge in [0.25, 0.3) is 0 Å². The smallest absolute Gasteiger partial charge is 0.171 e. The van der Waals surface area contributed by atoms with Crippen molar-refractivity contribution in [3.8, 4) is 0 Å². The number of halogens is 2. The molecule has 0 fully saturated rings. The lowest BCUT2D eigenvalue weighted by Crippen LogP contribution is -2.02. The number of hydrogen-bond donors (Lipinski definition) is 0. The van der Waals surface area contributed by atoms with E-state index in [1.807, 2.05) is 0 Å². The van der Waals surface area contributed by atoms with Crippen molar-refractivity contribution >= 4 is 17.9 Å². The Morgan fingerprint density at radius 2 is 2.31 bits per heavy atom. The zero-order valence-corrected chi connectivity index (χ0v) is 8.86. The van der Waals surface area contributed by atoms with Gasteiger partial charge in [-0.1, -0.05) is 28.9 Å². The number of carbonyl (C=O) groups excluding carboxylic acids is 1. The Labute approximate surface area is 95.6 Å². The Morgan fingerprint density at radius 1 is 1.50 bits per heavy atom. The highest BCUT2D eigenvalue weighted by Crippen LogP contribution is 2.18. The van der Waals surface area contributed by atoms with Crippen molar-refractivity contribution in [2.75, 3.05) is 0 Å². The molecule has 0 aliphatic heterocycles. The molecule has 2 rings (SSSR count). The highest BCUT2D eigenvalue weighted by Gasteiger charge is 2.07. The van der Waals surface area contributed by atoms with Crippen LogP contribution in [-0.4, -0.2) is 21.3 Å². The Balaban J connectivity index is 2.26. The number of hydrogen-bond acceptors (Lipinski definition) is 3. The number of benzene rings is 1. The van der Waals surface area contributed by atoms with E-state index in [0.717, 1.165) is 0 Å². The molecule has 1 aromatic carbocycles. The topological polar surface area (TPSA) is 47.8 Å². The average Bonchev–Trinajstić information content (AvgIpc) is 2.73. The molecule has 0 bridgehead atoms. The second-order valence-electron chi connectivity index (χ2n) is 3.17. The standard InChI is InChI=1S/C10H7ClFN3O/c11-9-3-1-2-7(10(9)12)4-15-5-8(6-16)13-14-15/h1-3,5-6H,4H2. The Kier molecular flexibility index (Phi) is 2.96. The summed E-state index contributed by atoms with van der Waals surface area (Å²) in [5, 5.41) is 7.31. The van der Waals surface area contributed by atoms with Gasteiger partial charge in [0.2, 0.25) is 0 Å². The van der Waals surface area contributed by atoms with Crippen molar-refractivity contribution in [3.63, 3.8) is 0 Å². The maximum atomic E-state index is 13.5. The van der Waals surface area contributed by atoms with Crippen molar-refractivity contribution in [2.45, 2.75) is 6.54 Å². The molecule has 16 heavy (non-hydrogen) atoms. The van der Waals surface area contributed by atoms with Crippen LogP contribution < -0.4 is 0 Å². The third kappa shape index (κ3) is 2.09. The fraction of sp³-hybridized carbons (Fsp3) is 0.100. The first-order chi connectivity index (χ1) is 7.70. The molecule has 0 atom stereocenters. The van der Waals surface area contributed by atoms with E-state index >= 15 is 0 Å². The van der Waals surface area contributed by atoms with Crippen LogP contribution in [0.4, 0.5) is 4.39 Å². The van der Waals surface area contributed by atoms with Gasteiger partial charge in [-0.3, -0.25) is 4.79 Å². The van der Waals surface area contributed by atoms with Crippen molar-refractivity contribution in [2.24, 2.45) is 0 Å². The molecule has 0 saturated heterocycles. The van der Waals surface area contributed by atoms with Crippen LogP contribution in [0.3, 0.4) is 0 Å². The molecule has 0 saturated carbocycles. The molecule has 4 nitrogen and oxygen atoms in total. The molecule has 1 aromatic heterocycles. The summed E-state index contributed by atoms with van der Waals surface area (Å²) in [6, 6.07) is 4.72. The summed E-state index contributed by atoms with van der Waals surface area (Å²) in [7, 11) is 0. The Hall–Kier alpha value is -1.75. The second-order valence-corrected chi connectivity index (χ2v) is 3.58. The number of aromatic nitrogens is 3. The molecule has 0 amide bonds. The predicted molar refractivity (Wildman–Crippen MR) is 55.9 cm³/mol. The average molecular weight is 240 g/mol. The molecule has 0 N–H and O–H groups in total. The van der Waals surface area contributed by atoms with E-state index in [-0.39, 0.29) is 17.3 Å². The molecular weight excluding hydrogens is 233 g/mol. The third-order valence-corrected chi connectivity index (χ3v) is 2.33. The first kappa shape index (κ1) is 10.8. The second kappa shape index (κ2) is 4.40. The summed E-state index contributed by atoms with van der Waals surface area (Å²) in [6.45, 7) is 0.188. The lowest BCUT2D eigenvalue weighted by Gasteiger charge is -2.03. The molecule has 1 heterocycles. The molecule has 82 valence electrons. The normalized spacial score (nSPS) is 10.4. The summed E-state index contributed by atoms with van der Waals surface area (Å²) < 4.78 is 14.9. The van der Waals surface area contributed by atoms with Gasteiger partial charge in [-0.25, -0.2) is 9.07 Å². The minimum Gasteiger partial charge on any atom is -0.296 e. The van der Waals surface area contributed by atoms with E-state index < -0.39 is 5.82 Å². The molecule has 0 radical (unpaired) electrons.